The maximum atomic E-state index is 13.7. The van der Waals surface area contributed by atoms with Crippen LogP contribution < -0.4 is 10.1 Å². The topological polar surface area (TPSA) is 64.6 Å². The maximum absolute atomic E-state index is 13.7. The van der Waals surface area contributed by atoms with Crippen molar-refractivity contribution in [2.75, 3.05) is 25.2 Å². The molecule has 2 aliphatic rings. The van der Waals surface area contributed by atoms with Gasteiger partial charge in [-0.2, -0.15) is 11.8 Å². The lowest BCUT2D eigenvalue weighted by atomic mass is 9.71. The SMILES string of the molecule is CCSCCOC(=O)C1=C(C)NC2=C(C(=O)C[C@H](c3ccc(Cl)cc3)C2)[C@@H]1c1ccccc1OC. The number of allylic oxidation sites excluding steroid dienone is 3. The zero-order chi connectivity index (χ0) is 24.9. The molecule has 1 aliphatic heterocycles. The molecule has 1 heterocycles. The molecule has 35 heavy (non-hydrogen) atoms. The van der Waals surface area contributed by atoms with Gasteiger partial charge in [0.15, 0.2) is 5.78 Å². The van der Waals surface area contributed by atoms with Gasteiger partial charge in [0.05, 0.1) is 18.6 Å². The summed E-state index contributed by atoms with van der Waals surface area (Å²) in [7, 11) is 1.60. The number of esters is 1. The molecule has 2 aromatic rings. The number of ether oxygens (including phenoxy) is 2. The number of nitrogens with one attached hydrogen (secondary N) is 1. The highest BCUT2D eigenvalue weighted by Gasteiger charge is 2.42. The summed E-state index contributed by atoms with van der Waals surface area (Å²) >= 11 is 7.79. The molecule has 0 saturated heterocycles. The number of Topliss-reactive ketones (excluding diaryl/α,β-unsaturated/α-hetero) is 1. The number of rotatable bonds is 8. The molecule has 7 heteroatoms. The molecule has 0 amide bonds. The summed E-state index contributed by atoms with van der Waals surface area (Å²) in [4.78, 5) is 27.0. The summed E-state index contributed by atoms with van der Waals surface area (Å²) in [5.74, 6) is 1.44. The monoisotopic (exact) mass is 511 g/mol. The molecule has 4 rings (SSSR count). The summed E-state index contributed by atoms with van der Waals surface area (Å²) in [5.41, 5.74) is 4.51. The third-order valence-corrected chi connectivity index (χ3v) is 7.62. The predicted molar refractivity (Wildman–Crippen MR) is 141 cm³/mol. The van der Waals surface area contributed by atoms with Crippen LogP contribution in [-0.2, 0) is 14.3 Å². The number of halogens is 1. The van der Waals surface area contributed by atoms with Gasteiger partial charge in [-0.3, -0.25) is 4.79 Å². The first-order valence-electron chi connectivity index (χ1n) is 11.8. The third-order valence-electron chi connectivity index (χ3n) is 6.50. The van der Waals surface area contributed by atoms with Crippen LogP contribution in [0.5, 0.6) is 5.75 Å². The zero-order valence-corrected chi connectivity index (χ0v) is 21.8. The van der Waals surface area contributed by atoms with Crippen molar-refractivity contribution >= 4 is 35.1 Å². The third kappa shape index (κ3) is 5.44. The molecule has 0 fully saturated rings. The lowest BCUT2D eigenvalue weighted by Gasteiger charge is -2.37. The summed E-state index contributed by atoms with van der Waals surface area (Å²) in [6.07, 6.45) is 1.03. The van der Waals surface area contributed by atoms with Crippen LogP contribution in [0.4, 0.5) is 0 Å². The van der Waals surface area contributed by atoms with E-state index >= 15 is 0 Å². The van der Waals surface area contributed by atoms with Crippen LogP contribution in [0.25, 0.3) is 0 Å². The van der Waals surface area contributed by atoms with Gasteiger partial charge in [0.25, 0.3) is 0 Å². The highest BCUT2D eigenvalue weighted by Crippen LogP contribution is 2.47. The number of methoxy groups -OCH3 is 1. The molecule has 0 unspecified atom stereocenters. The number of carbonyl (C=O) groups is 2. The predicted octanol–water partition coefficient (Wildman–Crippen LogP) is 6.01. The van der Waals surface area contributed by atoms with Crippen molar-refractivity contribution in [2.45, 2.75) is 38.5 Å². The van der Waals surface area contributed by atoms with Gasteiger partial charge >= 0.3 is 5.97 Å². The molecular weight excluding hydrogens is 482 g/mol. The number of carbonyl (C=O) groups excluding carboxylic acids is 2. The first kappa shape index (κ1) is 25.4. The molecule has 1 N–H and O–H groups in total. The molecular formula is C28H30ClNO4S. The number of hydrogen-bond acceptors (Lipinski definition) is 6. The van der Waals surface area contributed by atoms with Gasteiger partial charge in [-0.25, -0.2) is 4.79 Å². The Bertz CT molecular complexity index is 1170. The summed E-state index contributed by atoms with van der Waals surface area (Å²) in [6.45, 7) is 4.27. The number of hydrogen-bond donors (Lipinski definition) is 1. The van der Waals surface area contributed by atoms with Crippen molar-refractivity contribution in [3.05, 3.63) is 87.2 Å². The van der Waals surface area contributed by atoms with Crippen LogP contribution in [0.1, 0.15) is 49.7 Å². The minimum absolute atomic E-state index is 0.0222. The lowest BCUT2D eigenvalue weighted by Crippen LogP contribution is -2.36. The van der Waals surface area contributed by atoms with Crippen LogP contribution in [0.2, 0.25) is 5.02 Å². The van der Waals surface area contributed by atoms with Crippen molar-refractivity contribution in [2.24, 2.45) is 0 Å². The fraction of sp³-hybridized carbons (Fsp3) is 0.357. The van der Waals surface area contributed by atoms with Crippen LogP contribution in [0, 0.1) is 0 Å². The van der Waals surface area contributed by atoms with Crippen LogP contribution in [0.15, 0.2) is 71.1 Å². The van der Waals surface area contributed by atoms with Gasteiger partial charge in [0.1, 0.15) is 12.4 Å². The van der Waals surface area contributed by atoms with Gasteiger partial charge in [0.2, 0.25) is 0 Å². The average molecular weight is 512 g/mol. The van der Waals surface area contributed by atoms with E-state index in [0.29, 0.717) is 47.1 Å². The fourth-order valence-corrected chi connectivity index (χ4v) is 5.53. The summed E-state index contributed by atoms with van der Waals surface area (Å²) < 4.78 is 11.3. The maximum Gasteiger partial charge on any atom is 0.336 e. The Labute approximate surface area is 215 Å². The first-order chi connectivity index (χ1) is 16.9. The van der Waals surface area contributed by atoms with E-state index in [9.17, 15) is 9.59 Å². The van der Waals surface area contributed by atoms with Crippen LogP contribution in [0.3, 0.4) is 0 Å². The molecule has 0 spiro atoms. The standard InChI is InChI=1S/C28H30ClNO4S/c1-4-35-14-13-34-28(32)25-17(2)30-22-15-19(18-9-11-20(29)12-10-18)16-23(31)27(22)26(25)21-7-5-6-8-24(21)33-3/h5-12,19,26,30H,4,13-16H2,1-3H3/t19-,26-/m1/s1. The fourth-order valence-electron chi connectivity index (χ4n) is 4.91. The van der Waals surface area contributed by atoms with Crippen molar-refractivity contribution in [3.8, 4) is 5.75 Å². The molecule has 1 aliphatic carbocycles. The van der Waals surface area contributed by atoms with Gasteiger partial charge in [-0.15, -0.1) is 0 Å². The van der Waals surface area contributed by atoms with Crippen LogP contribution >= 0.6 is 23.4 Å². The van der Waals surface area contributed by atoms with E-state index in [1.165, 1.54) is 0 Å². The molecule has 2 aromatic carbocycles. The molecule has 5 nitrogen and oxygen atoms in total. The van der Waals surface area contributed by atoms with Crippen molar-refractivity contribution in [1.29, 1.82) is 0 Å². The molecule has 184 valence electrons. The molecule has 0 bridgehead atoms. The second kappa shape index (κ2) is 11.4. The second-order valence-corrected chi connectivity index (χ2v) is 10.5. The molecule has 2 atom stereocenters. The highest BCUT2D eigenvalue weighted by atomic mass is 35.5. The van der Waals surface area contributed by atoms with Gasteiger partial charge in [-0.05, 0) is 48.8 Å². The largest absolute Gasteiger partial charge is 0.496 e. The van der Waals surface area contributed by atoms with E-state index in [1.54, 1.807) is 18.9 Å². The molecule has 0 saturated carbocycles. The Morgan fingerprint density at radius 1 is 1.14 bits per heavy atom. The van der Waals surface area contributed by atoms with Crippen LogP contribution in [-0.4, -0.2) is 37.0 Å². The quantitative estimate of drug-likeness (QED) is 0.346. The Morgan fingerprint density at radius 3 is 2.60 bits per heavy atom. The number of benzene rings is 2. The smallest absolute Gasteiger partial charge is 0.336 e. The summed E-state index contributed by atoms with van der Waals surface area (Å²) in [6, 6.07) is 15.2. The van der Waals surface area contributed by atoms with Gasteiger partial charge < -0.3 is 14.8 Å². The van der Waals surface area contributed by atoms with E-state index in [0.717, 1.165) is 28.3 Å². The van der Waals surface area contributed by atoms with E-state index in [2.05, 4.69) is 12.2 Å². The molecule has 0 radical (unpaired) electrons. The Morgan fingerprint density at radius 2 is 1.89 bits per heavy atom. The van der Waals surface area contributed by atoms with Gasteiger partial charge in [-0.1, -0.05) is 48.9 Å². The van der Waals surface area contributed by atoms with E-state index in [4.69, 9.17) is 21.1 Å². The van der Waals surface area contributed by atoms with E-state index < -0.39 is 11.9 Å². The highest BCUT2D eigenvalue weighted by molar-refractivity contribution is 7.99. The second-order valence-electron chi connectivity index (χ2n) is 8.64. The zero-order valence-electron chi connectivity index (χ0n) is 20.2. The van der Waals surface area contributed by atoms with E-state index in [-0.39, 0.29) is 11.7 Å². The lowest BCUT2D eigenvalue weighted by molar-refractivity contribution is -0.138. The normalized spacial score (nSPS) is 19.8. The minimum Gasteiger partial charge on any atom is -0.496 e. The Kier molecular flexibility index (Phi) is 8.24. The van der Waals surface area contributed by atoms with Crippen molar-refractivity contribution in [1.82, 2.24) is 5.32 Å². The number of dihydropyridines is 1. The Balaban J connectivity index is 1.74. The number of para-hydroxylation sites is 1. The average Bonchev–Trinajstić information content (AvgIpc) is 2.86. The van der Waals surface area contributed by atoms with E-state index in [1.807, 2.05) is 55.5 Å². The van der Waals surface area contributed by atoms with Crippen molar-refractivity contribution in [3.63, 3.8) is 0 Å². The summed E-state index contributed by atoms with van der Waals surface area (Å²) in [5, 5.41) is 4.06. The first-order valence-corrected chi connectivity index (χ1v) is 13.3. The molecule has 0 aromatic heterocycles. The van der Waals surface area contributed by atoms with Gasteiger partial charge in [0, 0.05) is 39.7 Å². The number of ketones is 1. The minimum atomic E-state index is -0.549. The Hall–Kier alpha value is -2.70. The van der Waals surface area contributed by atoms with Crippen molar-refractivity contribution < 1.29 is 19.1 Å². The number of thioether (sulfide) groups is 1.